The number of hydrogen-bond acceptors (Lipinski definition) is 5. The van der Waals surface area contributed by atoms with Crippen molar-refractivity contribution in [3.8, 4) is 0 Å². The van der Waals surface area contributed by atoms with E-state index in [9.17, 15) is 9.90 Å². The third-order valence-corrected chi connectivity index (χ3v) is 3.18. The monoisotopic (exact) mass is 266 g/mol. The van der Waals surface area contributed by atoms with E-state index in [0.29, 0.717) is 0 Å². The molecule has 0 spiro atoms. The molecule has 0 aromatic heterocycles. The minimum Gasteiger partial charge on any atom is -0.510 e. The lowest BCUT2D eigenvalue weighted by molar-refractivity contribution is -0.114. The van der Waals surface area contributed by atoms with E-state index in [4.69, 9.17) is 0 Å². The molecule has 0 aliphatic carbocycles. The molecular formula is C13H18N2O2S. The van der Waals surface area contributed by atoms with Crippen LogP contribution in [0.15, 0.2) is 40.6 Å². The van der Waals surface area contributed by atoms with Gasteiger partial charge in [0.25, 0.3) is 0 Å². The van der Waals surface area contributed by atoms with E-state index in [1.54, 1.807) is 11.8 Å². The van der Waals surface area contributed by atoms with Gasteiger partial charge in [0.15, 0.2) is 5.78 Å². The molecule has 0 radical (unpaired) electrons. The fourth-order valence-electron chi connectivity index (χ4n) is 1.41. The van der Waals surface area contributed by atoms with E-state index in [2.05, 4.69) is 17.8 Å². The normalized spacial score (nSPS) is 11.7. The van der Waals surface area contributed by atoms with Gasteiger partial charge in [-0.1, -0.05) is 19.1 Å². The number of aliphatic hydroxyl groups excluding tert-OH is 1. The van der Waals surface area contributed by atoms with E-state index < -0.39 is 0 Å². The molecule has 18 heavy (non-hydrogen) atoms. The number of hydrogen-bond donors (Lipinski definition) is 3. The summed E-state index contributed by atoms with van der Waals surface area (Å²) in [5.41, 5.74) is 6.75. The van der Waals surface area contributed by atoms with Crippen molar-refractivity contribution in [2.24, 2.45) is 0 Å². The van der Waals surface area contributed by atoms with Crippen molar-refractivity contribution in [3.63, 3.8) is 0 Å². The Morgan fingerprint density at radius 3 is 2.56 bits per heavy atom. The largest absolute Gasteiger partial charge is 0.510 e. The van der Waals surface area contributed by atoms with Crippen LogP contribution >= 0.6 is 11.8 Å². The first kappa shape index (κ1) is 14.4. The molecular weight excluding hydrogens is 248 g/mol. The number of thioether (sulfide) groups is 1. The average Bonchev–Trinajstić information content (AvgIpc) is 2.31. The summed E-state index contributed by atoms with van der Waals surface area (Å²) >= 11 is 1.70. The lowest BCUT2D eigenvalue weighted by atomic mass is 10.3. The maximum atomic E-state index is 11.3. The minimum atomic E-state index is -0.219. The molecule has 1 aromatic carbocycles. The first-order valence-electron chi connectivity index (χ1n) is 5.70. The van der Waals surface area contributed by atoms with Crippen molar-refractivity contribution in [2.75, 3.05) is 11.2 Å². The van der Waals surface area contributed by atoms with Crippen LogP contribution in [0, 0.1) is 0 Å². The Morgan fingerprint density at radius 1 is 1.33 bits per heavy atom. The number of carbonyl (C=O) groups excluding carboxylic acids is 1. The molecule has 1 aromatic rings. The molecule has 3 N–H and O–H groups in total. The van der Waals surface area contributed by atoms with Crippen LogP contribution in [0.25, 0.3) is 0 Å². The smallest absolute Gasteiger partial charge is 0.180 e. The van der Waals surface area contributed by atoms with Gasteiger partial charge in [-0.3, -0.25) is 15.6 Å². The number of nitrogens with one attached hydrogen (secondary N) is 2. The molecule has 1 rings (SSSR count). The zero-order valence-corrected chi connectivity index (χ0v) is 11.6. The predicted molar refractivity (Wildman–Crippen MR) is 75.6 cm³/mol. The Kier molecular flexibility index (Phi) is 5.58. The number of Topliss-reactive ketones (excluding diaryl/α,β-unsaturated/α-hetero) is 1. The van der Waals surface area contributed by atoms with Crippen molar-refractivity contribution >= 4 is 23.2 Å². The second-order valence-electron chi connectivity index (χ2n) is 3.70. The quantitative estimate of drug-likeness (QED) is 0.320. The second kappa shape index (κ2) is 6.96. The average molecular weight is 266 g/mol. The van der Waals surface area contributed by atoms with Crippen LogP contribution < -0.4 is 10.9 Å². The standard InChI is InChI=1S/C13H18N2O2S/c1-4-18-12-8-6-5-7-11(12)14-15-13(9(2)16)10(3)17/h5-8,14-16H,4H2,1-3H3/b13-9-. The van der Waals surface area contributed by atoms with Gasteiger partial charge in [0.2, 0.25) is 0 Å². The molecule has 0 heterocycles. The number of allylic oxidation sites excluding steroid dienone is 2. The lowest BCUT2D eigenvalue weighted by Gasteiger charge is -2.14. The van der Waals surface area contributed by atoms with Crippen LogP contribution in [-0.4, -0.2) is 16.6 Å². The molecule has 5 heteroatoms. The Labute approximate surface area is 111 Å². The summed E-state index contributed by atoms with van der Waals surface area (Å²) in [5.74, 6) is 0.714. The minimum absolute atomic E-state index is 0.0318. The summed E-state index contributed by atoms with van der Waals surface area (Å²) < 4.78 is 0. The first-order valence-corrected chi connectivity index (χ1v) is 6.69. The SMILES string of the molecule is CCSc1ccccc1NN/C(C(C)=O)=C(/C)O. The molecule has 0 bridgehead atoms. The van der Waals surface area contributed by atoms with Gasteiger partial charge in [-0.05, 0) is 24.8 Å². The van der Waals surface area contributed by atoms with Gasteiger partial charge in [-0.15, -0.1) is 11.8 Å². The molecule has 4 nitrogen and oxygen atoms in total. The van der Waals surface area contributed by atoms with Crippen molar-refractivity contribution in [2.45, 2.75) is 25.7 Å². The second-order valence-corrected chi connectivity index (χ2v) is 5.00. The van der Waals surface area contributed by atoms with E-state index in [-0.39, 0.29) is 17.2 Å². The molecule has 0 saturated carbocycles. The summed E-state index contributed by atoms with van der Waals surface area (Å²) in [5, 5.41) is 9.38. The summed E-state index contributed by atoms with van der Waals surface area (Å²) in [7, 11) is 0. The lowest BCUT2D eigenvalue weighted by Crippen LogP contribution is -2.26. The first-order chi connectivity index (χ1) is 8.56. The fourth-order valence-corrected chi connectivity index (χ4v) is 2.17. The van der Waals surface area contributed by atoms with Gasteiger partial charge in [-0.2, -0.15) is 0 Å². The molecule has 0 aliphatic rings. The van der Waals surface area contributed by atoms with Crippen LogP contribution in [0.1, 0.15) is 20.8 Å². The van der Waals surface area contributed by atoms with E-state index >= 15 is 0 Å². The summed E-state index contributed by atoms with van der Waals surface area (Å²) in [6, 6.07) is 7.78. The van der Waals surface area contributed by atoms with Gasteiger partial charge in [0, 0.05) is 11.8 Å². The summed E-state index contributed by atoms with van der Waals surface area (Å²) in [4.78, 5) is 12.4. The highest BCUT2D eigenvalue weighted by atomic mass is 32.2. The number of para-hydroxylation sites is 1. The zero-order valence-electron chi connectivity index (χ0n) is 10.8. The van der Waals surface area contributed by atoms with Gasteiger partial charge in [0.1, 0.15) is 11.5 Å². The van der Waals surface area contributed by atoms with Gasteiger partial charge in [0.05, 0.1) is 5.69 Å². The molecule has 0 unspecified atom stereocenters. The number of carbonyl (C=O) groups is 1. The topological polar surface area (TPSA) is 61.4 Å². The highest BCUT2D eigenvalue weighted by Gasteiger charge is 2.08. The molecule has 0 fully saturated rings. The molecule has 0 aliphatic heterocycles. The highest BCUT2D eigenvalue weighted by molar-refractivity contribution is 7.99. The van der Waals surface area contributed by atoms with Crippen LogP contribution in [0.2, 0.25) is 0 Å². The van der Waals surface area contributed by atoms with Crippen molar-refractivity contribution in [1.29, 1.82) is 0 Å². The number of benzene rings is 1. The Balaban J connectivity index is 2.80. The molecule has 0 saturated heterocycles. The fraction of sp³-hybridized carbons (Fsp3) is 0.308. The highest BCUT2D eigenvalue weighted by Crippen LogP contribution is 2.26. The number of anilines is 1. The number of rotatable bonds is 6. The van der Waals surface area contributed by atoms with Crippen LogP contribution in [0.4, 0.5) is 5.69 Å². The number of ketones is 1. The number of hydrazine groups is 1. The van der Waals surface area contributed by atoms with Crippen LogP contribution in [0.5, 0.6) is 0 Å². The third-order valence-electron chi connectivity index (χ3n) is 2.22. The zero-order chi connectivity index (χ0) is 13.5. The summed E-state index contributed by atoms with van der Waals surface area (Å²) in [6.45, 7) is 4.95. The Bertz CT molecular complexity index is 454. The maximum absolute atomic E-state index is 11.3. The van der Waals surface area contributed by atoms with E-state index in [1.807, 2.05) is 24.3 Å². The van der Waals surface area contributed by atoms with Gasteiger partial charge < -0.3 is 5.11 Å². The Hall–Kier alpha value is -1.62. The van der Waals surface area contributed by atoms with Crippen molar-refractivity contribution in [3.05, 3.63) is 35.7 Å². The Morgan fingerprint density at radius 2 is 2.00 bits per heavy atom. The van der Waals surface area contributed by atoms with Crippen molar-refractivity contribution in [1.82, 2.24) is 5.43 Å². The summed E-state index contributed by atoms with van der Waals surface area (Å²) in [6.07, 6.45) is 0. The van der Waals surface area contributed by atoms with Crippen molar-refractivity contribution < 1.29 is 9.90 Å². The van der Waals surface area contributed by atoms with Crippen LogP contribution in [-0.2, 0) is 4.79 Å². The predicted octanol–water partition coefficient (Wildman–Crippen LogP) is 3.09. The van der Waals surface area contributed by atoms with E-state index in [1.165, 1.54) is 13.8 Å². The molecule has 0 atom stereocenters. The maximum Gasteiger partial charge on any atom is 0.180 e. The van der Waals surface area contributed by atoms with E-state index in [0.717, 1.165) is 16.3 Å². The van der Waals surface area contributed by atoms with Gasteiger partial charge >= 0.3 is 0 Å². The number of aliphatic hydroxyl groups is 1. The molecule has 0 amide bonds. The van der Waals surface area contributed by atoms with Crippen LogP contribution in [0.3, 0.4) is 0 Å². The molecule has 98 valence electrons. The third kappa shape index (κ3) is 4.00. The van der Waals surface area contributed by atoms with Gasteiger partial charge in [-0.25, -0.2) is 0 Å².